The maximum atomic E-state index is 5.96. The third kappa shape index (κ3) is 2.04. The van der Waals surface area contributed by atoms with Gasteiger partial charge in [0.2, 0.25) is 0 Å². The lowest BCUT2D eigenvalue weighted by atomic mass is 10.0. The molecule has 11 heavy (non-hydrogen) atoms. The molecule has 2 heteroatoms. The first-order valence-corrected chi connectivity index (χ1v) is 4.98. The van der Waals surface area contributed by atoms with Crippen molar-refractivity contribution in [2.75, 3.05) is 0 Å². The summed E-state index contributed by atoms with van der Waals surface area (Å²) in [7, 11) is 0. The van der Waals surface area contributed by atoms with Gasteiger partial charge in [-0.25, -0.2) is 0 Å². The van der Waals surface area contributed by atoms with Crippen LogP contribution in [0.25, 0.3) is 0 Å². The van der Waals surface area contributed by atoms with E-state index < -0.39 is 0 Å². The Morgan fingerprint density at radius 1 is 1.55 bits per heavy atom. The van der Waals surface area contributed by atoms with Gasteiger partial charge in [0.05, 0.1) is 0 Å². The van der Waals surface area contributed by atoms with Gasteiger partial charge in [-0.1, -0.05) is 13.3 Å². The zero-order valence-corrected chi connectivity index (χ0v) is 7.95. The van der Waals surface area contributed by atoms with E-state index in [1.807, 2.05) is 0 Å². The van der Waals surface area contributed by atoms with E-state index in [4.69, 9.17) is 5.73 Å². The minimum Gasteiger partial charge on any atom is -0.324 e. The van der Waals surface area contributed by atoms with Gasteiger partial charge in [0.25, 0.3) is 0 Å². The van der Waals surface area contributed by atoms with E-state index in [0.717, 1.165) is 12.8 Å². The Morgan fingerprint density at radius 2 is 2.27 bits per heavy atom. The maximum absolute atomic E-state index is 5.96. The van der Waals surface area contributed by atoms with Gasteiger partial charge < -0.3 is 5.73 Å². The predicted octanol–water partition coefficient (Wildman–Crippen LogP) is 2.86. The Morgan fingerprint density at radius 3 is 2.73 bits per heavy atom. The zero-order chi connectivity index (χ0) is 8.27. The standard InChI is InChI=1S/C9H15NS/c1-3-4-9(10)8-6-11-5-7(8)2/h5-6,9H,3-4,10H2,1-2H3. The normalized spacial score (nSPS) is 13.4. The molecule has 1 rings (SSSR count). The van der Waals surface area contributed by atoms with Crippen molar-refractivity contribution in [3.63, 3.8) is 0 Å². The third-order valence-electron chi connectivity index (χ3n) is 1.89. The summed E-state index contributed by atoms with van der Waals surface area (Å²) in [5, 5.41) is 4.32. The molecule has 0 aromatic carbocycles. The molecule has 0 saturated carbocycles. The minimum atomic E-state index is 0.256. The second kappa shape index (κ2) is 3.88. The zero-order valence-electron chi connectivity index (χ0n) is 7.13. The van der Waals surface area contributed by atoms with E-state index in [2.05, 4.69) is 24.6 Å². The van der Waals surface area contributed by atoms with E-state index in [1.165, 1.54) is 11.1 Å². The van der Waals surface area contributed by atoms with Crippen LogP contribution in [0.1, 0.15) is 36.9 Å². The number of thiophene rings is 1. The van der Waals surface area contributed by atoms with Gasteiger partial charge in [-0.05, 0) is 35.2 Å². The molecule has 1 nitrogen and oxygen atoms in total. The molecule has 1 unspecified atom stereocenters. The molecular weight excluding hydrogens is 154 g/mol. The number of nitrogens with two attached hydrogens (primary N) is 1. The summed E-state index contributed by atoms with van der Waals surface area (Å²) in [6.07, 6.45) is 2.26. The molecule has 2 N–H and O–H groups in total. The summed E-state index contributed by atoms with van der Waals surface area (Å²) in [6, 6.07) is 0.256. The molecule has 62 valence electrons. The number of hydrogen-bond donors (Lipinski definition) is 1. The van der Waals surface area contributed by atoms with E-state index in [-0.39, 0.29) is 6.04 Å². The van der Waals surface area contributed by atoms with Gasteiger partial charge in [0.1, 0.15) is 0 Å². The van der Waals surface area contributed by atoms with Gasteiger partial charge in [0.15, 0.2) is 0 Å². The molecule has 1 aromatic heterocycles. The van der Waals surface area contributed by atoms with Crippen molar-refractivity contribution in [1.82, 2.24) is 0 Å². The topological polar surface area (TPSA) is 26.0 Å². The highest BCUT2D eigenvalue weighted by Crippen LogP contribution is 2.22. The van der Waals surface area contributed by atoms with Gasteiger partial charge in [-0.3, -0.25) is 0 Å². The molecule has 1 heterocycles. The second-order valence-electron chi connectivity index (χ2n) is 2.91. The van der Waals surface area contributed by atoms with Crippen molar-refractivity contribution < 1.29 is 0 Å². The molecule has 0 aliphatic heterocycles. The quantitative estimate of drug-likeness (QED) is 0.739. The number of aryl methyl sites for hydroxylation is 1. The highest BCUT2D eigenvalue weighted by molar-refractivity contribution is 7.08. The molecule has 0 fully saturated rings. The van der Waals surface area contributed by atoms with Crippen molar-refractivity contribution in [1.29, 1.82) is 0 Å². The summed E-state index contributed by atoms with van der Waals surface area (Å²) >= 11 is 1.74. The molecule has 1 atom stereocenters. The molecule has 0 saturated heterocycles. The SMILES string of the molecule is CCCC(N)c1cscc1C. The van der Waals surface area contributed by atoms with Crippen molar-refractivity contribution >= 4 is 11.3 Å². The molecule has 0 amide bonds. The number of hydrogen-bond acceptors (Lipinski definition) is 2. The minimum absolute atomic E-state index is 0.256. The van der Waals surface area contributed by atoms with Crippen LogP contribution in [0.5, 0.6) is 0 Å². The highest BCUT2D eigenvalue weighted by Gasteiger charge is 2.07. The van der Waals surface area contributed by atoms with E-state index in [9.17, 15) is 0 Å². The van der Waals surface area contributed by atoms with Crippen molar-refractivity contribution in [3.8, 4) is 0 Å². The second-order valence-corrected chi connectivity index (χ2v) is 3.65. The van der Waals surface area contributed by atoms with Crippen LogP contribution in [-0.2, 0) is 0 Å². The lowest BCUT2D eigenvalue weighted by molar-refractivity contribution is 0.637. The molecule has 0 spiro atoms. The van der Waals surface area contributed by atoms with E-state index >= 15 is 0 Å². The largest absolute Gasteiger partial charge is 0.324 e. The molecular formula is C9H15NS. The summed E-state index contributed by atoms with van der Waals surface area (Å²) in [4.78, 5) is 0. The maximum Gasteiger partial charge on any atom is 0.0305 e. The van der Waals surface area contributed by atoms with Crippen LogP contribution in [0.3, 0.4) is 0 Å². The average Bonchev–Trinajstić information content (AvgIpc) is 2.36. The summed E-state index contributed by atoms with van der Waals surface area (Å²) in [5.41, 5.74) is 8.63. The van der Waals surface area contributed by atoms with Crippen LogP contribution in [0.4, 0.5) is 0 Å². The Hall–Kier alpha value is -0.340. The molecule has 1 aromatic rings. The smallest absolute Gasteiger partial charge is 0.0305 e. The van der Waals surface area contributed by atoms with Gasteiger partial charge in [-0.15, -0.1) is 0 Å². The fourth-order valence-electron chi connectivity index (χ4n) is 1.22. The summed E-state index contributed by atoms with van der Waals surface area (Å²) < 4.78 is 0. The van der Waals surface area contributed by atoms with Crippen LogP contribution < -0.4 is 5.73 Å². The molecule has 0 bridgehead atoms. The van der Waals surface area contributed by atoms with E-state index in [1.54, 1.807) is 11.3 Å². The monoisotopic (exact) mass is 169 g/mol. The van der Waals surface area contributed by atoms with Gasteiger partial charge in [0, 0.05) is 6.04 Å². The molecule has 0 radical (unpaired) electrons. The van der Waals surface area contributed by atoms with Gasteiger partial charge in [-0.2, -0.15) is 11.3 Å². The average molecular weight is 169 g/mol. The van der Waals surface area contributed by atoms with Crippen LogP contribution in [-0.4, -0.2) is 0 Å². The van der Waals surface area contributed by atoms with Crippen LogP contribution in [0.15, 0.2) is 10.8 Å². The lowest BCUT2D eigenvalue weighted by Gasteiger charge is -2.08. The van der Waals surface area contributed by atoms with Crippen LogP contribution in [0.2, 0.25) is 0 Å². The lowest BCUT2D eigenvalue weighted by Crippen LogP contribution is -2.09. The fraction of sp³-hybridized carbons (Fsp3) is 0.556. The molecule has 0 aliphatic rings. The summed E-state index contributed by atoms with van der Waals surface area (Å²) in [6.45, 7) is 4.29. The summed E-state index contributed by atoms with van der Waals surface area (Å²) in [5.74, 6) is 0. The third-order valence-corrected chi connectivity index (χ3v) is 2.77. The fourth-order valence-corrected chi connectivity index (χ4v) is 2.13. The van der Waals surface area contributed by atoms with Gasteiger partial charge >= 0.3 is 0 Å². The van der Waals surface area contributed by atoms with Crippen LogP contribution >= 0.6 is 11.3 Å². The molecule has 0 aliphatic carbocycles. The van der Waals surface area contributed by atoms with Crippen LogP contribution in [0, 0.1) is 6.92 Å². The van der Waals surface area contributed by atoms with Crippen molar-refractivity contribution in [2.24, 2.45) is 5.73 Å². The van der Waals surface area contributed by atoms with Crippen molar-refractivity contribution in [2.45, 2.75) is 32.7 Å². The number of rotatable bonds is 3. The highest BCUT2D eigenvalue weighted by atomic mass is 32.1. The Labute approximate surface area is 72.2 Å². The first-order chi connectivity index (χ1) is 5.25. The van der Waals surface area contributed by atoms with Crippen molar-refractivity contribution in [3.05, 3.63) is 21.9 Å². The Kier molecular flexibility index (Phi) is 3.09. The predicted molar refractivity (Wildman–Crippen MR) is 50.9 cm³/mol. The first kappa shape index (κ1) is 8.75. The Balaban J connectivity index is 2.67. The van der Waals surface area contributed by atoms with E-state index in [0.29, 0.717) is 0 Å². The first-order valence-electron chi connectivity index (χ1n) is 4.04. The Bertz CT molecular complexity index is 217.